The number of hydrogen-bond acceptors (Lipinski definition) is 5. The van der Waals surface area contributed by atoms with Gasteiger partial charge < -0.3 is 8.92 Å². The van der Waals surface area contributed by atoms with Crippen LogP contribution in [0.4, 0.5) is 0 Å². The van der Waals surface area contributed by atoms with Crippen LogP contribution in [-0.4, -0.2) is 14.2 Å². The first-order valence-electron chi connectivity index (χ1n) is 8.98. The van der Waals surface area contributed by atoms with Gasteiger partial charge >= 0.3 is 10.1 Å². The Morgan fingerprint density at radius 3 is 2.38 bits per heavy atom. The van der Waals surface area contributed by atoms with Gasteiger partial charge in [-0.2, -0.15) is 8.42 Å². The minimum absolute atomic E-state index is 0.0561. The van der Waals surface area contributed by atoms with Gasteiger partial charge in [0.2, 0.25) is 5.78 Å². The molecule has 0 fully saturated rings. The molecule has 0 spiro atoms. The molecule has 0 N–H and O–H groups in total. The fourth-order valence-corrected chi connectivity index (χ4v) is 3.93. The Labute approximate surface area is 169 Å². The third-order valence-corrected chi connectivity index (χ3v) is 5.76. The van der Waals surface area contributed by atoms with E-state index < -0.39 is 10.1 Å². The number of hydrogen-bond donors (Lipinski definition) is 0. The molecule has 0 aromatic heterocycles. The van der Waals surface area contributed by atoms with Crippen molar-refractivity contribution in [2.45, 2.75) is 18.7 Å². The van der Waals surface area contributed by atoms with Gasteiger partial charge in [0.15, 0.2) is 5.76 Å². The van der Waals surface area contributed by atoms with Crippen molar-refractivity contribution in [1.82, 2.24) is 0 Å². The minimum atomic E-state index is -3.98. The number of ether oxygens (including phenoxy) is 1. The van der Waals surface area contributed by atoms with Crippen LogP contribution in [0.5, 0.6) is 11.5 Å². The van der Waals surface area contributed by atoms with Crippen LogP contribution in [0.3, 0.4) is 0 Å². The SMILES string of the molecule is Cc1ccc(S(=O)(=O)Oc2ccc3c(c2)OC(=Cc2cccc(C)c2)C3=O)cc1. The van der Waals surface area contributed by atoms with E-state index in [9.17, 15) is 13.2 Å². The van der Waals surface area contributed by atoms with Gasteiger partial charge in [-0.25, -0.2) is 0 Å². The standard InChI is InChI=1S/C23H18O5S/c1-15-6-9-19(10-7-15)29(25,26)28-18-8-11-20-21(14-18)27-22(23(20)24)13-17-5-3-4-16(2)12-17/h3-14H,1-2H3. The van der Waals surface area contributed by atoms with Gasteiger partial charge in [0, 0.05) is 6.07 Å². The average Bonchev–Trinajstić information content (AvgIpc) is 2.97. The highest BCUT2D eigenvalue weighted by molar-refractivity contribution is 7.87. The summed E-state index contributed by atoms with van der Waals surface area (Å²) >= 11 is 0. The molecule has 0 bridgehead atoms. The van der Waals surface area contributed by atoms with Gasteiger partial charge in [0.1, 0.15) is 16.4 Å². The van der Waals surface area contributed by atoms with Crippen molar-refractivity contribution in [1.29, 1.82) is 0 Å². The predicted octanol–water partition coefficient (Wildman–Crippen LogP) is 4.69. The highest BCUT2D eigenvalue weighted by Crippen LogP contribution is 2.35. The van der Waals surface area contributed by atoms with Crippen LogP contribution in [-0.2, 0) is 10.1 Å². The van der Waals surface area contributed by atoms with Crippen LogP contribution in [0.1, 0.15) is 27.0 Å². The number of benzene rings is 3. The Balaban J connectivity index is 1.60. The molecule has 5 nitrogen and oxygen atoms in total. The number of allylic oxidation sites excluding steroid dienone is 1. The van der Waals surface area contributed by atoms with Crippen LogP contribution < -0.4 is 8.92 Å². The van der Waals surface area contributed by atoms with Crippen molar-refractivity contribution >= 4 is 22.0 Å². The lowest BCUT2D eigenvalue weighted by atomic mass is 10.1. The monoisotopic (exact) mass is 406 g/mol. The normalized spacial score (nSPS) is 14.6. The van der Waals surface area contributed by atoms with E-state index in [1.54, 1.807) is 18.2 Å². The molecule has 3 aromatic rings. The van der Waals surface area contributed by atoms with Crippen molar-refractivity contribution in [3.63, 3.8) is 0 Å². The van der Waals surface area contributed by atoms with E-state index >= 15 is 0 Å². The number of carbonyl (C=O) groups is 1. The highest BCUT2D eigenvalue weighted by atomic mass is 32.2. The molecule has 146 valence electrons. The zero-order valence-electron chi connectivity index (χ0n) is 15.9. The van der Waals surface area contributed by atoms with E-state index in [2.05, 4.69) is 0 Å². The Morgan fingerprint density at radius 2 is 1.66 bits per heavy atom. The lowest BCUT2D eigenvalue weighted by Gasteiger charge is -2.08. The molecule has 0 radical (unpaired) electrons. The second-order valence-corrected chi connectivity index (χ2v) is 8.41. The Morgan fingerprint density at radius 1 is 0.897 bits per heavy atom. The molecule has 0 amide bonds. The van der Waals surface area contributed by atoms with Crippen LogP contribution in [0.25, 0.3) is 6.08 Å². The van der Waals surface area contributed by atoms with E-state index in [4.69, 9.17) is 8.92 Å². The number of Topliss-reactive ketones (excluding diaryl/α,β-unsaturated/α-hetero) is 1. The van der Waals surface area contributed by atoms with Crippen molar-refractivity contribution in [3.05, 3.63) is 94.7 Å². The van der Waals surface area contributed by atoms with Gasteiger partial charge in [0.05, 0.1) is 5.56 Å². The lowest BCUT2D eigenvalue weighted by Crippen LogP contribution is -2.09. The average molecular weight is 406 g/mol. The fourth-order valence-electron chi connectivity index (χ4n) is 3.01. The van der Waals surface area contributed by atoms with Crippen LogP contribution in [0, 0.1) is 13.8 Å². The minimum Gasteiger partial charge on any atom is -0.452 e. The third kappa shape index (κ3) is 3.93. The third-order valence-electron chi connectivity index (χ3n) is 4.50. The van der Waals surface area contributed by atoms with Gasteiger partial charge in [-0.3, -0.25) is 4.79 Å². The largest absolute Gasteiger partial charge is 0.452 e. The summed E-state index contributed by atoms with van der Waals surface area (Å²) in [5, 5.41) is 0. The molecule has 1 aliphatic rings. The molecule has 6 heteroatoms. The molecule has 0 aliphatic carbocycles. The van der Waals surface area contributed by atoms with Gasteiger partial charge in [-0.05, 0) is 49.8 Å². The molecule has 0 saturated heterocycles. The summed E-state index contributed by atoms with van der Waals surface area (Å²) in [5.41, 5.74) is 3.23. The van der Waals surface area contributed by atoms with Gasteiger partial charge in [-0.15, -0.1) is 0 Å². The van der Waals surface area contributed by atoms with Gasteiger partial charge in [-0.1, -0.05) is 47.5 Å². The summed E-state index contributed by atoms with van der Waals surface area (Å²) < 4.78 is 35.8. The second-order valence-electron chi connectivity index (χ2n) is 6.86. The quantitative estimate of drug-likeness (QED) is 0.464. The number of rotatable bonds is 4. The Kier molecular flexibility index (Phi) is 4.72. The fraction of sp³-hybridized carbons (Fsp3) is 0.0870. The van der Waals surface area contributed by atoms with E-state index in [1.807, 2.05) is 38.1 Å². The smallest absolute Gasteiger partial charge is 0.339 e. The maximum absolute atomic E-state index is 12.6. The predicted molar refractivity (Wildman–Crippen MR) is 110 cm³/mol. The van der Waals surface area contributed by atoms with Crippen molar-refractivity contribution < 1.29 is 22.1 Å². The van der Waals surface area contributed by atoms with Gasteiger partial charge in [0.25, 0.3) is 0 Å². The van der Waals surface area contributed by atoms with Crippen LogP contribution in [0.15, 0.2) is 77.4 Å². The lowest BCUT2D eigenvalue weighted by molar-refractivity contribution is 0.101. The maximum atomic E-state index is 12.6. The molecule has 3 aromatic carbocycles. The number of aryl methyl sites for hydroxylation is 2. The highest BCUT2D eigenvalue weighted by Gasteiger charge is 2.28. The van der Waals surface area contributed by atoms with E-state index in [0.29, 0.717) is 5.56 Å². The molecular weight excluding hydrogens is 388 g/mol. The summed E-state index contributed by atoms with van der Waals surface area (Å²) in [5.74, 6) is 0.276. The topological polar surface area (TPSA) is 69.7 Å². The first kappa shape index (κ1) is 19.0. The Bertz CT molecular complexity index is 1240. The number of ketones is 1. The van der Waals surface area contributed by atoms with Crippen LogP contribution in [0.2, 0.25) is 0 Å². The van der Waals surface area contributed by atoms with Crippen molar-refractivity contribution in [3.8, 4) is 11.5 Å². The molecule has 0 atom stereocenters. The van der Waals surface area contributed by atoms with E-state index in [-0.39, 0.29) is 27.9 Å². The maximum Gasteiger partial charge on any atom is 0.339 e. The zero-order valence-corrected chi connectivity index (χ0v) is 16.7. The van der Waals surface area contributed by atoms with Crippen LogP contribution >= 0.6 is 0 Å². The zero-order chi connectivity index (χ0) is 20.6. The molecule has 0 saturated carbocycles. The number of carbonyl (C=O) groups excluding carboxylic acids is 1. The van der Waals surface area contributed by atoms with Crippen molar-refractivity contribution in [2.24, 2.45) is 0 Å². The van der Waals surface area contributed by atoms with Crippen molar-refractivity contribution in [2.75, 3.05) is 0 Å². The van der Waals surface area contributed by atoms with E-state index in [1.165, 1.54) is 30.3 Å². The number of fused-ring (bicyclic) bond motifs is 1. The second kappa shape index (κ2) is 7.22. The molecule has 0 unspecified atom stereocenters. The first-order chi connectivity index (χ1) is 13.8. The molecule has 29 heavy (non-hydrogen) atoms. The summed E-state index contributed by atoms with van der Waals surface area (Å²) in [4.78, 5) is 12.6. The first-order valence-corrected chi connectivity index (χ1v) is 10.4. The molecular formula is C23H18O5S. The van der Waals surface area contributed by atoms with E-state index in [0.717, 1.165) is 16.7 Å². The Hall–Kier alpha value is -3.38. The summed E-state index contributed by atoms with van der Waals surface area (Å²) in [6.45, 7) is 3.83. The molecule has 4 rings (SSSR count). The molecule has 1 heterocycles. The summed E-state index contributed by atoms with van der Waals surface area (Å²) in [7, 11) is -3.98. The summed E-state index contributed by atoms with van der Waals surface area (Å²) in [6, 6.07) is 18.4. The molecule has 1 aliphatic heterocycles. The summed E-state index contributed by atoms with van der Waals surface area (Å²) in [6.07, 6.45) is 1.67.